The Morgan fingerprint density at radius 2 is 1.82 bits per heavy atom. The minimum Gasteiger partial charge on any atom is -0.393 e. The SMILES string of the molecule is O=C([C@@H]1CCCCN1)N1C2CCC1CC(O)C2. The maximum atomic E-state index is 12.5. The summed E-state index contributed by atoms with van der Waals surface area (Å²) in [6, 6.07) is 0.655. The maximum Gasteiger partial charge on any atom is 0.240 e. The van der Waals surface area contributed by atoms with Gasteiger partial charge in [-0.05, 0) is 45.1 Å². The van der Waals surface area contributed by atoms with Crippen LogP contribution in [0.2, 0.25) is 0 Å². The predicted octanol–water partition coefficient (Wildman–Crippen LogP) is 0.643. The van der Waals surface area contributed by atoms with E-state index in [9.17, 15) is 9.90 Å². The monoisotopic (exact) mass is 238 g/mol. The number of rotatable bonds is 1. The highest BCUT2D eigenvalue weighted by molar-refractivity contribution is 5.83. The van der Waals surface area contributed by atoms with Crippen molar-refractivity contribution in [2.75, 3.05) is 6.54 Å². The van der Waals surface area contributed by atoms with Crippen LogP contribution < -0.4 is 5.32 Å². The first-order valence-electron chi connectivity index (χ1n) is 6.99. The lowest BCUT2D eigenvalue weighted by molar-refractivity contribution is -0.140. The fourth-order valence-electron chi connectivity index (χ4n) is 3.75. The number of aliphatic hydroxyl groups excluding tert-OH is 1. The first-order valence-corrected chi connectivity index (χ1v) is 6.99. The second-order valence-electron chi connectivity index (χ2n) is 5.76. The van der Waals surface area contributed by atoms with Crippen molar-refractivity contribution in [2.45, 2.75) is 69.2 Å². The van der Waals surface area contributed by atoms with Gasteiger partial charge in [-0.15, -0.1) is 0 Å². The van der Waals surface area contributed by atoms with Crippen LogP contribution in [-0.4, -0.2) is 46.7 Å². The lowest BCUT2D eigenvalue weighted by Crippen LogP contribution is -2.55. The zero-order valence-electron chi connectivity index (χ0n) is 10.3. The molecule has 1 amide bonds. The molecule has 4 heteroatoms. The van der Waals surface area contributed by atoms with Gasteiger partial charge in [-0.25, -0.2) is 0 Å². The molecule has 3 aliphatic rings. The topological polar surface area (TPSA) is 52.6 Å². The largest absolute Gasteiger partial charge is 0.393 e. The maximum absolute atomic E-state index is 12.5. The molecule has 2 unspecified atom stereocenters. The number of carbonyl (C=O) groups is 1. The molecule has 96 valence electrons. The van der Waals surface area contributed by atoms with E-state index in [0.717, 1.165) is 45.1 Å². The van der Waals surface area contributed by atoms with Crippen molar-refractivity contribution in [1.82, 2.24) is 10.2 Å². The van der Waals surface area contributed by atoms with Gasteiger partial charge in [-0.1, -0.05) is 6.42 Å². The Hall–Kier alpha value is -0.610. The summed E-state index contributed by atoms with van der Waals surface area (Å²) in [5.74, 6) is 0.295. The van der Waals surface area contributed by atoms with Gasteiger partial charge in [0.05, 0.1) is 12.1 Å². The minimum absolute atomic E-state index is 0.0436. The Morgan fingerprint density at radius 1 is 1.12 bits per heavy atom. The van der Waals surface area contributed by atoms with Crippen molar-refractivity contribution in [2.24, 2.45) is 0 Å². The van der Waals surface area contributed by atoms with Crippen LogP contribution in [0, 0.1) is 0 Å². The lowest BCUT2D eigenvalue weighted by atomic mass is 9.97. The quantitative estimate of drug-likeness (QED) is 0.705. The Labute approximate surface area is 102 Å². The van der Waals surface area contributed by atoms with Crippen LogP contribution in [0.5, 0.6) is 0 Å². The third-order valence-electron chi connectivity index (χ3n) is 4.57. The van der Waals surface area contributed by atoms with E-state index in [-0.39, 0.29) is 12.1 Å². The van der Waals surface area contributed by atoms with E-state index >= 15 is 0 Å². The highest BCUT2D eigenvalue weighted by Gasteiger charge is 2.44. The number of fused-ring (bicyclic) bond motifs is 2. The summed E-state index contributed by atoms with van der Waals surface area (Å²) in [6.45, 7) is 0.974. The van der Waals surface area contributed by atoms with Crippen molar-refractivity contribution >= 4 is 5.91 Å². The first-order chi connectivity index (χ1) is 8.25. The van der Waals surface area contributed by atoms with Gasteiger partial charge in [0, 0.05) is 12.1 Å². The molecule has 3 saturated heterocycles. The zero-order valence-corrected chi connectivity index (χ0v) is 10.3. The second-order valence-corrected chi connectivity index (χ2v) is 5.76. The number of amides is 1. The average molecular weight is 238 g/mol. The van der Waals surface area contributed by atoms with Crippen LogP contribution in [0.1, 0.15) is 44.9 Å². The molecule has 0 saturated carbocycles. The van der Waals surface area contributed by atoms with E-state index in [0.29, 0.717) is 18.0 Å². The number of hydrogen-bond acceptors (Lipinski definition) is 3. The summed E-state index contributed by atoms with van der Waals surface area (Å²) in [7, 11) is 0. The molecule has 0 aromatic heterocycles. The van der Waals surface area contributed by atoms with Crippen LogP contribution in [0.25, 0.3) is 0 Å². The molecule has 4 nitrogen and oxygen atoms in total. The van der Waals surface area contributed by atoms with Crippen molar-refractivity contribution < 1.29 is 9.90 Å². The van der Waals surface area contributed by atoms with Gasteiger partial charge >= 0.3 is 0 Å². The number of nitrogens with one attached hydrogen (secondary N) is 1. The van der Waals surface area contributed by atoms with E-state index < -0.39 is 0 Å². The van der Waals surface area contributed by atoms with Gasteiger partial charge in [-0.2, -0.15) is 0 Å². The Morgan fingerprint density at radius 3 is 2.41 bits per heavy atom. The smallest absolute Gasteiger partial charge is 0.240 e. The molecule has 3 aliphatic heterocycles. The summed E-state index contributed by atoms with van der Waals surface area (Å²) in [5, 5.41) is 13.1. The Kier molecular flexibility index (Phi) is 3.09. The summed E-state index contributed by atoms with van der Waals surface area (Å²) >= 11 is 0. The molecule has 3 rings (SSSR count). The van der Waals surface area contributed by atoms with Crippen LogP contribution in [0.4, 0.5) is 0 Å². The van der Waals surface area contributed by atoms with Crippen LogP contribution >= 0.6 is 0 Å². The molecule has 0 aromatic rings. The molecule has 0 aromatic carbocycles. The number of carbonyl (C=O) groups excluding carboxylic acids is 1. The van der Waals surface area contributed by atoms with E-state index in [1.165, 1.54) is 6.42 Å². The number of piperidine rings is 2. The van der Waals surface area contributed by atoms with Crippen molar-refractivity contribution in [3.05, 3.63) is 0 Å². The molecular weight excluding hydrogens is 216 g/mol. The highest BCUT2D eigenvalue weighted by Crippen LogP contribution is 2.36. The van der Waals surface area contributed by atoms with Crippen molar-refractivity contribution in [1.29, 1.82) is 0 Å². The van der Waals surface area contributed by atoms with Gasteiger partial charge in [0.25, 0.3) is 0 Å². The molecule has 2 bridgehead atoms. The van der Waals surface area contributed by atoms with E-state index in [1.54, 1.807) is 0 Å². The van der Waals surface area contributed by atoms with E-state index in [1.807, 2.05) is 0 Å². The normalized spacial score (nSPS) is 41.6. The average Bonchev–Trinajstić information content (AvgIpc) is 2.62. The zero-order chi connectivity index (χ0) is 11.8. The number of aliphatic hydroxyl groups is 1. The molecule has 2 N–H and O–H groups in total. The molecule has 0 spiro atoms. The summed E-state index contributed by atoms with van der Waals surface area (Å²) in [4.78, 5) is 14.6. The summed E-state index contributed by atoms with van der Waals surface area (Å²) in [6.07, 6.45) is 6.89. The van der Waals surface area contributed by atoms with Crippen LogP contribution in [0.3, 0.4) is 0 Å². The fourth-order valence-corrected chi connectivity index (χ4v) is 3.75. The first kappa shape index (κ1) is 11.5. The van der Waals surface area contributed by atoms with Gasteiger partial charge < -0.3 is 15.3 Å². The minimum atomic E-state index is -0.184. The van der Waals surface area contributed by atoms with Gasteiger partial charge in [0.15, 0.2) is 0 Å². The molecular formula is C13H22N2O2. The number of nitrogens with zero attached hydrogens (tertiary/aromatic N) is 1. The van der Waals surface area contributed by atoms with Crippen molar-refractivity contribution in [3.8, 4) is 0 Å². The molecule has 3 heterocycles. The molecule has 3 atom stereocenters. The van der Waals surface area contributed by atoms with Crippen LogP contribution in [-0.2, 0) is 4.79 Å². The Balaban J connectivity index is 1.69. The van der Waals surface area contributed by atoms with Gasteiger partial charge in [-0.3, -0.25) is 4.79 Å². The third-order valence-corrected chi connectivity index (χ3v) is 4.57. The van der Waals surface area contributed by atoms with Crippen LogP contribution in [0.15, 0.2) is 0 Å². The van der Waals surface area contributed by atoms with E-state index in [4.69, 9.17) is 0 Å². The van der Waals surface area contributed by atoms with E-state index in [2.05, 4.69) is 10.2 Å². The Bertz CT molecular complexity index is 288. The van der Waals surface area contributed by atoms with Gasteiger partial charge in [0.2, 0.25) is 5.91 Å². The third kappa shape index (κ3) is 2.08. The molecule has 17 heavy (non-hydrogen) atoms. The number of hydrogen-bond donors (Lipinski definition) is 2. The summed E-state index contributed by atoms with van der Waals surface area (Å²) in [5.41, 5.74) is 0. The standard InChI is InChI=1S/C13H22N2O2/c16-11-7-9-4-5-10(8-11)15(9)13(17)12-3-1-2-6-14-12/h9-12,14,16H,1-8H2/t9?,10?,11?,12-/m0/s1. The molecule has 0 aliphatic carbocycles. The molecule has 0 radical (unpaired) electrons. The predicted molar refractivity (Wildman–Crippen MR) is 64.5 cm³/mol. The summed E-state index contributed by atoms with van der Waals surface area (Å²) < 4.78 is 0. The lowest BCUT2D eigenvalue weighted by Gasteiger charge is -2.40. The highest BCUT2D eigenvalue weighted by atomic mass is 16.3. The fraction of sp³-hybridized carbons (Fsp3) is 0.923. The molecule has 3 fully saturated rings. The van der Waals surface area contributed by atoms with Gasteiger partial charge in [0.1, 0.15) is 0 Å². The second kappa shape index (κ2) is 4.58. The van der Waals surface area contributed by atoms with Crippen molar-refractivity contribution in [3.63, 3.8) is 0 Å².